The van der Waals surface area contributed by atoms with Crippen LogP contribution in [0.1, 0.15) is 34.5 Å². The lowest BCUT2D eigenvalue weighted by Crippen LogP contribution is -2.30. The zero-order valence-electron chi connectivity index (χ0n) is 20.2. The van der Waals surface area contributed by atoms with Gasteiger partial charge in [0.05, 0.1) is 30.3 Å². The number of benzene rings is 4. The average molecular weight is 501 g/mol. The minimum Gasteiger partial charge on any atom is -0.497 e. The van der Waals surface area contributed by atoms with E-state index in [1.54, 1.807) is 86.0 Å². The predicted octanol–water partition coefficient (Wildman–Crippen LogP) is 5.58. The van der Waals surface area contributed by atoms with Crippen molar-refractivity contribution in [3.63, 3.8) is 0 Å². The molecule has 0 spiro atoms. The number of rotatable bonds is 9. The molecule has 0 aliphatic carbocycles. The minimum absolute atomic E-state index is 0.130. The molecule has 7 heteroatoms. The van der Waals surface area contributed by atoms with Crippen LogP contribution in [0.15, 0.2) is 114 Å². The molecule has 4 aromatic carbocycles. The Morgan fingerprint density at radius 1 is 0.833 bits per heavy atom. The topological polar surface area (TPSA) is 75.7 Å². The third-order valence-corrected chi connectivity index (χ3v) is 7.67. The van der Waals surface area contributed by atoms with E-state index in [1.165, 1.54) is 4.31 Å². The maximum Gasteiger partial charge on any atom is 0.264 e. The normalized spacial score (nSPS) is 11.9. The number of nitrogens with one attached hydrogen (secondary N) is 1. The number of amides is 1. The second-order valence-corrected chi connectivity index (χ2v) is 10.2. The van der Waals surface area contributed by atoms with Crippen molar-refractivity contribution in [2.24, 2.45) is 0 Å². The number of carbonyl (C=O) groups excluding carboxylic acids is 1. The van der Waals surface area contributed by atoms with E-state index < -0.39 is 10.0 Å². The van der Waals surface area contributed by atoms with Gasteiger partial charge in [-0.15, -0.1) is 0 Å². The fourth-order valence-corrected chi connectivity index (χ4v) is 5.29. The van der Waals surface area contributed by atoms with Crippen LogP contribution in [0.5, 0.6) is 5.75 Å². The van der Waals surface area contributed by atoms with Gasteiger partial charge in [-0.2, -0.15) is 0 Å². The van der Waals surface area contributed by atoms with Gasteiger partial charge in [-0.1, -0.05) is 60.7 Å². The summed E-state index contributed by atoms with van der Waals surface area (Å²) in [7, 11) is -2.17. The summed E-state index contributed by atoms with van der Waals surface area (Å²) in [5.74, 6) is 0.549. The molecule has 1 amide bonds. The summed E-state index contributed by atoms with van der Waals surface area (Å²) in [6.45, 7) is 2.05. The number of carbonyl (C=O) groups is 1. The highest BCUT2D eigenvalue weighted by Crippen LogP contribution is 2.26. The third-order valence-electron chi connectivity index (χ3n) is 5.88. The molecular weight excluding hydrogens is 472 g/mol. The summed E-state index contributed by atoms with van der Waals surface area (Å²) < 4.78 is 33.5. The van der Waals surface area contributed by atoms with Gasteiger partial charge in [0.2, 0.25) is 0 Å². The van der Waals surface area contributed by atoms with Gasteiger partial charge in [-0.05, 0) is 66.6 Å². The van der Waals surface area contributed by atoms with Crippen LogP contribution < -0.4 is 14.4 Å². The molecule has 0 saturated carbocycles. The zero-order chi connectivity index (χ0) is 25.5. The number of sulfonamides is 1. The molecule has 0 unspecified atom stereocenters. The van der Waals surface area contributed by atoms with E-state index in [-0.39, 0.29) is 23.4 Å². The van der Waals surface area contributed by atoms with Crippen LogP contribution in [0.4, 0.5) is 5.69 Å². The van der Waals surface area contributed by atoms with Gasteiger partial charge in [0.15, 0.2) is 0 Å². The molecule has 0 radical (unpaired) electrons. The molecular formula is C29H28N2O4S. The number of hydrogen-bond donors (Lipinski definition) is 1. The second kappa shape index (κ2) is 11.1. The number of ether oxygens (including phenoxy) is 1. The molecule has 0 aliphatic heterocycles. The standard InChI is InChI=1S/C29H28N2O4S/c1-22(24-17-19-27(35-2)20-18-24)30-29(32)25-15-13-23(14-16-25)21-31(26-9-5-3-6-10-26)36(33,34)28-11-7-4-8-12-28/h3-20,22H,21H2,1-2H3,(H,30,32)/t22-/m1/s1. The Hall–Kier alpha value is -4.10. The summed E-state index contributed by atoms with van der Waals surface area (Å²) in [4.78, 5) is 13.0. The van der Waals surface area contributed by atoms with Crippen molar-refractivity contribution < 1.29 is 17.9 Å². The first-order chi connectivity index (χ1) is 17.4. The van der Waals surface area contributed by atoms with Crippen molar-refractivity contribution >= 4 is 21.6 Å². The molecule has 4 aromatic rings. The largest absolute Gasteiger partial charge is 0.497 e. The molecule has 0 aliphatic rings. The first-order valence-electron chi connectivity index (χ1n) is 11.5. The van der Waals surface area contributed by atoms with Gasteiger partial charge in [-0.25, -0.2) is 8.42 Å². The third kappa shape index (κ3) is 5.75. The SMILES string of the molecule is COc1ccc([C@@H](C)NC(=O)c2ccc(CN(c3ccccc3)S(=O)(=O)c3ccccc3)cc2)cc1. The highest BCUT2D eigenvalue weighted by molar-refractivity contribution is 7.92. The van der Waals surface area contributed by atoms with Crippen LogP contribution in [0.25, 0.3) is 0 Å². The first kappa shape index (κ1) is 25.0. The second-order valence-electron chi connectivity index (χ2n) is 8.33. The first-order valence-corrected chi connectivity index (χ1v) is 13.0. The summed E-state index contributed by atoms with van der Waals surface area (Å²) in [5, 5.41) is 3.00. The van der Waals surface area contributed by atoms with Crippen molar-refractivity contribution in [2.75, 3.05) is 11.4 Å². The van der Waals surface area contributed by atoms with E-state index in [9.17, 15) is 13.2 Å². The minimum atomic E-state index is -3.79. The van der Waals surface area contributed by atoms with Gasteiger partial charge < -0.3 is 10.1 Å². The zero-order valence-corrected chi connectivity index (χ0v) is 21.0. The Morgan fingerprint density at radius 2 is 1.42 bits per heavy atom. The van der Waals surface area contributed by atoms with E-state index in [1.807, 2.05) is 37.3 Å². The highest BCUT2D eigenvalue weighted by atomic mass is 32.2. The number of methoxy groups -OCH3 is 1. The van der Waals surface area contributed by atoms with Gasteiger partial charge in [0.1, 0.15) is 5.75 Å². The molecule has 4 rings (SSSR count). The number of para-hydroxylation sites is 1. The maximum absolute atomic E-state index is 13.5. The average Bonchev–Trinajstić information content (AvgIpc) is 2.93. The Morgan fingerprint density at radius 3 is 2.00 bits per heavy atom. The monoisotopic (exact) mass is 500 g/mol. The molecule has 1 N–H and O–H groups in total. The molecule has 6 nitrogen and oxygen atoms in total. The smallest absolute Gasteiger partial charge is 0.264 e. The van der Waals surface area contributed by atoms with Gasteiger partial charge in [0, 0.05) is 5.56 Å². The molecule has 0 bridgehead atoms. The lowest BCUT2D eigenvalue weighted by atomic mass is 10.1. The molecule has 0 fully saturated rings. The van der Waals surface area contributed by atoms with Crippen molar-refractivity contribution in [1.82, 2.24) is 5.32 Å². The van der Waals surface area contributed by atoms with E-state index in [0.717, 1.165) is 16.9 Å². The van der Waals surface area contributed by atoms with E-state index in [0.29, 0.717) is 11.3 Å². The lowest BCUT2D eigenvalue weighted by Gasteiger charge is -2.25. The van der Waals surface area contributed by atoms with Gasteiger partial charge in [0.25, 0.3) is 15.9 Å². The fourth-order valence-electron chi connectivity index (χ4n) is 3.81. The van der Waals surface area contributed by atoms with Gasteiger partial charge in [-0.3, -0.25) is 9.10 Å². The van der Waals surface area contributed by atoms with Crippen LogP contribution in [-0.2, 0) is 16.6 Å². The van der Waals surface area contributed by atoms with Crippen LogP contribution in [0.3, 0.4) is 0 Å². The van der Waals surface area contributed by atoms with E-state index in [2.05, 4.69) is 5.32 Å². The van der Waals surface area contributed by atoms with Crippen molar-refractivity contribution in [1.29, 1.82) is 0 Å². The molecule has 0 heterocycles. The van der Waals surface area contributed by atoms with E-state index >= 15 is 0 Å². The quantitative estimate of drug-likeness (QED) is 0.325. The van der Waals surface area contributed by atoms with E-state index in [4.69, 9.17) is 4.74 Å². The molecule has 36 heavy (non-hydrogen) atoms. The van der Waals surface area contributed by atoms with Crippen LogP contribution >= 0.6 is 0 Å². The van der Waals surface area contributed by atoms with Crippen LogP contribution in [-0.4, -0.2) is 21.4 Å². The molecule has 0 saturated heterocycles. The number of nitrogens with zero attached hydrogens (tertiary/aromatic N) is 1. The fraction of sp³-hybridized carbons (Fsp3) is 0.138. The Kier molecular flexibility index (Phi) is 7.71. The summed E-state index contributed by atoms with van der Waals surface area (Å²) in [6, 6.07) is 31.7. The van der Waals surface area contributed by atoms with Crippen LogP contribution in [0.2, 0.25) is 0 Å². The Balaban J connectivity index is 1.51. The van der Waals surface area contributed by atoms with Crippen molar-refractivity contribution in [2.45, 2.75) is 24.4 Å². The predicted molar refractivity (Wildman–Crippen MR) is 142 cm³/mol. The summed E-state index contributed by atoms with van der Waals surface area (Å²) in [5.41, 5.74) is 2.79. The van der Waals surface area contributed by atoms with Crippen molar-refractivity contribution in [3.8, 4) is 5.75 Å². The number of anilines is 1. The number of hydrogen-bond acceptors (Lipinski definition) is 4. The van der Waals surface area contributed by atoms with Crippen LogP contribution in [0, 0.1) is 0 Å². The summed E-state index contributed by atoms with van der Waals surface area (Å²) >= 11 is 0. The summed E-state index contributed by atoms with van der Waals surface area (Å²) in [6.07, 6.45) is 0. The highest BCUT2D eigenvalue weighted by Gasteiger charge is 2.25. The molecule has 1 atom stereocenters. The maximum atomic E-state index is 13.5. The Bertz CT molecular complexity index is 1390. The van der Waals surface area contributed by atoms with Gasteiger partial charge >= 0.3 is 0 Å². The van der Waals surface area contributed by atoms with Crippen molar-refractivity contribution in [3.05, 3.63) is 126 Å². The lowest BCUT2D eigenvalue weighted by molar-refractivity contribution is 0.0940. The molecule has 0 aromatic heterocycles. The Labute approximate surface area is 212 Å². The molecule has 184 valence electrons.